The van der Waals surface area contributed by atoms with Crippen molar-refractivity contribution in [2.75, 3.05) is 25.0 Å². The number of benzene rings is 2. The molecule has 3 amide bonds. The number of rotatable bonds is 4. The summed E-state index contributed by atoms with van der Waals surface area (Å²) >= 11 is 5.92. The van der Waals surface area contributed by atoms with Crippen molar-refractivity contribution in [3.8, 4) is 0 Å². The van der Waals surface area contributed by atoms with Gasteiger partial charge in [0.05, 0.1) is 6.04 Å². The number of hydrogen-bond acceptors (Lipinski definition) is 2. The highest BCUT2D eigenvalue weighted by atomic mass is 35.5. The van der Waals surface area contributed by atoms with Crippen LogP contribution in [0.25, 0.3) is 0 Å². The summed E-state index contributed by atoms with van der Waals surface area (Å²) in [5.74, 6) is -0.0696. The second-order valence-electron chi connectivity index (χ2n) is 6.07. The van der Waals surface area contributed by atoms with E-state index in [0.717, 1.165) is 11.3 Å². The van der Waals surface area contributed by atoms with Crippen LogP contribution in [0.15, 0.2) is 48.5 Å². The van der Waals surface area contributed by atoms with Crippen LogP contribution in [0, 0.1) is 0 Å². The summed E-state index contributed by atoms with van der Waals surface area (Å²) in [5.41, 5.74) is 2.40. The van der Waals surface area contributed by atoms with E-state index in [-0.39, 0.29) is 18.0 Å². The minimum atomic E-state index is -0.104. The number of nitrogens with zero attached hydrogens (tertiary/aromatic N) is 2. The Bertz CT molecular complexity index is 774. The second-order valence-corrected chi connectivity index (χ2v) is 6.51. The Morgan fingerprint density at radius 2 is 1.80 bits per heavy atom. The van der Waals surface area contributed by atoms with Gasteiger partial charge in [-0.2, -0.15) is 0 Å². The van der Waals surface area contributed by atoms with Crippen molar-refractivity contribution in [2.45, 2.75) is 13.0 Å². The molecule has 1 aliphatic heterocycles. The fourth-order valence-corrected chi connectivity index (χ4v) is 2.97. The van der Waals surface area contributed by atoms with Crippen LogP contribution in [-0.4, -0.2) is 37.0 Å². The fourth-order valence-electron chi connectivity index (χ4n) is 2.85. The molecule has 1 aliphatic rings. The summed E-state index contributed by atoms with van der Waals surface area (Å²) in [6.07, 6.45) is 0. The third kappa shape index (κ3) is 3.61. The molecule has 0 radical (unpaired) electrons. The van der Waals surface area contributed by atoms with Gasteiger partial charge in [-0.25, -0.2) is 4.79 Å². The molecule has 0 saturated carbocycles. The molecular weight excluding hydrogens is 338 g/mol. The number of hydrogen-bond donors (Lipinski definition) is 1. The zero-order valence-corrected chi connectivity index (χ0v) is 15.0. The Kier molecular flexibility index (Phi) is 4.95. The smallest absolute Gasteiger partial charge is 0.321 e. The molecule has 1 atom stereocenters. The van der Waals surface area contributed by atoms with E-state index in [9.17, 15) is 9.59 Å². The Morgan fingerprint density at radius 3 is 2.36 bits per heavy atom. The lowest BCUT2D eigenvalue weighted by Gasteiger charge is -2.26. The van der Waals surface area contributed by atoms with Gasteiger partial charge in [0.15, 0.2) is 0 Å². The van der Waals surface area contributed by atoms with Crippen molar-refractivity contribution in [3.63, 3.8) is 0 Å². The number of anilines is 1. The summed E-state index contributed by atoms with van der Waals surface area (Å²) in [5, 5.41) is 3.44. The van der Waals surface area contributed by atoms with Crippen LogP contribution in [0.5, 0.6) is 0 Å². The van der Waals surface area contributed by atoms with Gasteiger partial charge in [-0.3, -0.25) is 9.69 Å². The van der Waals surface area contributed by atoms with Gasteiger partial charge in [0.25, 0.3) is 5.91 Å². The molecular formula is C19H20ClN3O2. The first-order chi connectivity index (χ1) is 12.0. The summed E-state index contributed by atoms with van der Waals surface area (Å²) < 4.78 is 0. The van der Waals surface area contributed by atoms with Crippen molar-refractivity contribution in [2.24, 2.45) is 0 Å². The first kappa shape index (κ1) is 17.3. The lowest BCUT2D eigenvalue weighted by atomic mass is 10.1. The first-order valence-corrected chi connectivity index (χ1v) is 8.53. The predicted octanol–water partition coefficient (Wildman–Crippen LogP) is 3.70. The zero-order valence-electron chi connectivity index (χ0n) is 14.2. The summed E-state index contributed by atoms with van der Waals surface area (Å²) in [7, 11) is 1.78. The second kappa shape index (κ2) is 7.15. The van der Waals surface area contributed by atoms with Gasteiger partial charge < -0.3 is 10.2 Å². The van der Waals surface area contributed by atoms with Crippen molar-refractivity contribution in [3.05, 3.63) is 64.7 Å². The van der Waals surface area contributed by atoms with Crippen molar-refractivity contribution < 1.29 is 9.59 Å². The van der Waals surface area contributed by atoms with E-state index in [1.165, 1.54) is 0 Å². The number of carbonyl (C=O) groups excluding carboxylic acids is 2. The van der Waals surface area contributed by atoms with E-state index in [1.807, 2.05) is 31.2 Å². The van der Waals surface area contributed by atoms with Crippen LogP contribution in [0.2, 0.25) is 5.02 Å². The van der Waals surface area contributed by atoms with Gasteiger partial charge in [0, 0.05) is 36.4 Å². The highest BCUT2D eigenvalue weighted by molar-refractivity contribution is 6.30. The van der Waals surface area contributed by atoms with Crippen LogP contribution in [0.1, 0.15) is 28.9 Å². The standard InChI is InChI=1S/C19H20ClN3O2/c1-13(14-3-7-16(20)8-4-14)22(2)18(24)15-5-9-17(10-6-15)23-12-11-21-19(23)25/h3-10,13H,11-12H2,1-2H3,(H,21,25). The number of halogens is 1. The fraction of sp³-hybridized carbons (Fsp3) is 0.263. The van der Waals surface area contributed by atoms with Gasteiger partial charge in [-0.15, -0.1) is 0 Å². The maximum absolute atomic E-state index is 12.7. The average molecular weight is 358 g/mol. The molecule has 3 rings (SSSR count). The Hall–Kier alpha value is -2.53. The molecule has 0 aromatic heterocycles. The topological polar surface area (TPSA) is 52.7 Å². The molecule has 130 valence electrons. The molecule has 0 bridgehead atoms. The van der Waals surface area contributed by atoms with E-state index < -0.39 is 0 Å². The van der Waals surface area contributed by atoms with Crippen LogP contribution < -0.4 is 10.2 Å². The quantitative estimate of drug-likeness (QED) is 0.907. The maximum atomic E-state index is 12.7. The molecule has 6 heteroatoms. The third-order valence-corrected chi connectivity index (χ3v) is 4.79. The SMILES string of the molecule is CC(c1ccc(Cl)cc1)N(C)C(=O)c1ccc(N2CCNC2=O)cc1. The van der Waals surface area contributed by atoms with Gasteiger partial charge in [0.1, 0.15) is 0 Å². The summed E-state index contributed by atoms with van der Waals surface area (Å²) in [6.45, 7) is 3.25. The van der Waals surface area contributed by atoms with Gasteiger partial charge in [-0.1, -0.05) is 23.7 Å². The molecule has 1 heterocycles. The Labute approximate surface area is 152 Å². The van der Waals surface area contributed by atoms with Crippen LogP contribution in [0.3, 0.4) is 0 Å². The number of carbonyl (C=O) groups is 2. The lowest BCUT2D eigenvalue weighted by Crippen LogP contribution is -2.30. The zero-order chi connectivity index (χ0) is 18.0. The average Bonchev–Trinajstić information content (AvgIpc) is 3.06. The molecule has 2 aromatic rings. The molecule has 25 heavy (non-hydrogen) atoms. The van der Waals surface area contributed by atoms with Crippen LogP contribution in [0.4, 0.5) is 10.5 Å². The molecule has 0 spiro atoms. The molecule has 0 aliphatic carbocycles. The minimum absolute atomic E-state index is 0.0696. The van der Waals surface area contributed by atoms with Crippen molar-refractivity contribution in [1.82, 2.24) is 10.2 Å². The van der Waals surface area contributed by atoms with E-state index in [2.05, 4.69) is 5.32 Å². The summed E-state index contributed by atoms with van der Waals surface area (Å²) in [4.78, 5) is 27.8. The van der Waals surface area contributed by atoms with Gasteiger partial charge >= 0.3 is 6.03 Å². The number of urea groups is 1. The number of nitrogens with one attached hydrogen (secondary N) is 1. The van der Waals surface area contributed by atoms with Gasteiger partial charge in [-0.05, 0) is 48.9 Å². The van der Waals surface area contributed by atoms with E-state index in [4.69, 9.17) is 11.6 Å². The molecule has 1 N–H and O–H groups in total. The van der Waals surface area contributed by atoms with Crippen LogP contribution in [-0.2, 0) is 0 Å². The molecule has 1 unspecified atom stereocenters. The van der Waals surface area contributed by atoms with E-state index in [1.54, 1.807) is 41.1 Å². The Balaban J connectivity index is 1.73. The Morgan fingerprint density at radius 1 is 1.16 bits per heavy atom. The molecule has 1 fully saturated rings. The molecule has 5 nitrogen and oxygen atoms in total. The molecule has 1 saturated heterocycles. The number of amides is 3. The summed E-state index contributed by atoms with van der Waals surface area (Å²) in [6, 6.07) is 14.4. The highest BCUT2D eigenvalue weighted by Gasteiger charge is 2.22. The van der Waals surface area contributed by atoms with Crippen molar-refractivity contribution >= 4 is 29.2 Å². The van der Waals surface area contributed by atoms with Gasteiger partial charge in [0.2, 0.25) is 0 Å². The lowest BCUT2D eigenvalue weighted by molar-refractivity contribution is 0.0742. The van der Waals surface area contributed by atoms with Crippen LogP contribution >= 0.6 is 11.6 Å². The monoisotopic (exact) mass is 357 g/mol. The first-order valence-electron chi connectivity index (χ1n) is 8.15. The largest absolute Gasteiger partial charge is 0.336 e. The van der Waals surface area contributed by atoms with E-state index >= 15 is 0 Å². The maximum Gasteiger partial charge on any atom is 0.321 e. The minimum Gasteiger partial charge on any atom is -0.336 e. The highest BCUT2D eigenvalue weighted by Crippen LogP contribution is 2.23. The van der Waals surface area contributed by atoms with Crippen molar-refractivity contribution in [1.29, 1.82) is 0 Å². The third-order valence-electron chi connectivity index (χ3n) is 4.54. The predicted molar refractivity (Wildman–Crippen MR) is 99.1 cm³/mol. The molecule has 2 aromatic carbocycles. The normalized spacial score (nSPS) is 15.0. The van der Waals surface area contributed by atoms with E-state index in [0.29, 0.717) is 23.7 Å².